The number of esters is 2. The molecule has 0 spiro atoms. The van der Waals surface area contributed by atoms with E-state index in [9.17, 15) is 14.7 Å². The third-order valence-corrected chi connectivity index (χ3v) is 10.3. The minimum Gasteiger partial charge on any atom is -0.466 e. The molecule has 308 valence electrons. The second kappa shape index (κ2) is 40.8. The molecule has 0 saturated carbocycles. The molecule has 0 aliphatic carbocycles. The van der Waals surface area contributed by atoms with E-state index in [1.807, 2.05) is 0 Å². The Balaban J connectivity index is 3.92. The molecule has 0 rings (SSSR count). The molecule has 0 aromatic carbocycles. The quantitative estimate of drug-likeness (QED) is 0.0383. The van der Waals surface area contributed by atoms with E-state index in [-0.39, 0.29) is 24.6 Å². The lowest BCUT2D eigenvalue weighted by atomic mass is 10.0. The maximum atomic E-state index is 12.7. The molecule has 0 aromatic heterocycles. The Morgan fingerprint density at radius 2 is 0.981 bits per heavy atom. The van der Waals surface area contributed by atoms with Crippen LogP contribution in [0.25, 0.3) is 0 Å². The van der Waals surface area contributed by atoms with Crippen LogP contribution in [0.1, 0.15) is 233 Å². The van der Waals surface area contributed by atoms with Crippen molar-refractivity contribution < 1.29 is 24.2 Å². The summed E-state index contributed by atoms with van der Waals surface area (Å²) < 4.78 is 11.5. The number of hydrogen-bond acceptors (Lipinski definition) is 6. The standard InChI is InChI=1S/C46H89NO5/c1-5-7-9-11-18-26-34-44(35-27-19-12-10-8-6-2)52-46(50)37-29-21-15-22-30-38-47(40-41-48)39-31-23-16-24-32-42-51-45(49)36-28-20-14-13-17-25-33-43(3)4/h33,44,48H,5-32,34-42H2,1-4H3. The first-order valence-electron chi connectivity index (χ1n) is 22.7. The molecule has 52 heavy (non-hydrogen) atoms. The molecule has 0 saturated heterocycles. The molecule has 0 aliphatic heterocycles. The van der Waals surface area contributed by atoms with Crippen LogP contribution in [0.2, 0.25) is 0 Å². The minimum atomic E-state index is -0.0343. The number of carbonyl (C=O) groups is 2. The number of nitrogens with zero attached hydrogens (tertiary/aromatic N) is 1. The highest BCUT2D eigenvalue weighted by atomic mass is 16.5. The molecule has 0 atom stereocenters. The van der Waals surface area contributed by atoms with E-state index in [0.717, 1.165) is 90.3 Å². The molecular weight excluding hydrogens is 647 g/mol. The first kappa shape index (κ1) is 50.6. The van der Waals surface area contributed by atoms with Crippen LogP contribution < -0.4 is 0 Å². The summed E-state index contributed by atoms with van der Waals surface area (Å²) in [5.41, 5.74) is 1.40. The van der Waals surface area contributed by atoms with Gasteiger partial charge in [0, 0.05) is 19.4 Å². The van der Waals surface area contributed by atoms with Gasteiger partial charge in [-0.2, -0.15) is 0 Å². The van der Waals surface area contributed by atoms with Gasteiger partial charge in [-0.25, -0.2) is 0 Å². The largest absolute Gasteiger partial charge is 0.466 e. The number of carbonyl (C=O) groups excluding carboxylic acids is 2. The van der Waals surface area contributed by atoms with E-state index < -0.39 is 0 Å². The Morgan fingerprint density at radius 1 is 0.538 bits per heavy atom. The van der Waals surface area contributed by atoms with Gasteiger partial charge in [-0.1, -0.05) is 147 Å². The summed E-state index contributed by atoms with van der Waals surface area (Å²) in [5, 5.41) is 9.55. The van der Waals surface area contributed by atoms with Gasteiger partial charge in [0.05, 0.1) is 13.2 Å². The lowest BCUT2D eigenvalue weighted by Gasteiger charge is -2.21. The molecule has 0 unspecified atom stereocenters. The highest BCUT2D eigenvalue weighted by Gasteiger charge is 2.14. The van der Waals surface area contributed by atoms with Crippen molar-refractivity contribution in [2.45, 2.75) is 239 Å². The van der Waals surface area contributed by atoms with Gasteiger partial charge in [0.15, 0.2) is 0 Å². The maximum Gasteiger partial charge on any atom is 0.306 e. The van der Waals surface area contributed by atoms with Crippen LogP contribution in [-0.4, -0.2) is 60.9 Å². The van der Waals surface area contributed by atoms with E-state index in [1.165, 1.54) is 128 Å². The van der Waals surface area contributed by atoms with Crippen molar-refractivity contribution in [3.8, 4) is 0 Å². The third-order valence-electron chi connectivity index (χ3n) is 10.3. The van der Waals surface area contributed by atoms with Crippen molar-refractivity contribution in [2.75, 3.05) is 32.8 Å². The number of unbranched alkanes of at least 4 members (excludes halogenated alkanes) is 23. The SMILES string of the molecule is CCCCCCCCC(CCCCCCCC)OC(=O)CCCCCCCN(CCO)CCCCCCCOC(=O)CCCCCCCC=C(C)C. The van der Waals surface area contributed by atoms with Crippen LogP contribution >= 0.6 is 0 Å². The van der Waals surface area contributed by atoms with E-state index >= 15 is 0 Å². The topological polar surface area (TPSA) is 76.1 Å². The Labute approximate surface area is 324 Å². The molecular formula is C46H89NO5. The molecule has 0 heterocycles. The molecule has 6 nitrogen and oxygen atoms in total. The lowest BCUT2D eigenvalue weighted by molar-refractivity contribution is -0.150. The zero-order valence-electron chi connectivity index (χ0n) is 35.3. The Morgan fingerprint density at radius 3 is 1.50 bits per heavy atom. The zero-order chi connectivity index (χ0) is 38.2. The summed E-state index contributed by atoms with van der Waals surface area (Å²) in [6.07, 6.45) is 39.0. The molecule has 0 amide bonds. The van der Waals surface area contributed by atoms with Crippen molar-refractivity contribution in [3.63, 3.8) is 0 Å². The van der Waals surface area contributed by atoms with Gasteiger partial charge in [-0.3, -0.25) is 9.59 Å². The van der Waals surface area contributed by atoms with Crippen LogP contribution in [0.4, 0.5) is 0 Å². The summed E-state index contributed by atoms with van der Waals surface area (Å²) in [4.78, 5) is 27.1. The Bertz CT molecular complexity index is 780. The van der Waals surface area contributed by atoms with Crippen molar-refractivity contribution in [3.05, 3.63) is 11.6 Å². The minimum absolute atomic E-state index is 0.0136. The van der Waals surface area contributed by atoms with Crippen LogP contribution in [-0.2, 0) is 19.1 Å². The van der Waals surface area contributed by atoms with Crippen molar-refractivity contribution in [2.24, 2.45) is 0 Å². The summed E-state index contributed by atoms with van der Waals surface area (Å²) in [5.74, 6) is -0.0207. The molecule has 0 bridgehead atoms. The van der Waals surface area contributed by atoms with E-state index in [4.69, 9.17) is 9.47 Å². The smallest absolute Gasteiger partial charge is 0.306 e. The molecule has 0 aromatic rings. The predicted octanol–water partition coefficient (Wildman–Crippen LogP) is 13.2. The summed E-state index contributed by atoms with van der Waals surface area (Å²) in [6.45, 7) is 12.4. The number of hydrogen-bond donors (Lipinski definition) is 1. The summed E-state index contributed by atoms with van der Waals surface area (Å²) in [6, 6.07) is 0. The highest BCUT2D eigenvalue weighted by Crippen LogP contribution is 2.18. The summed E-state index contributed by atoms with van der Waals surface area (Å²) in [7, 11) is 0. The molecule has 0 aliphatic rings. The third kappa shape index (κ3) is 38.3. The molecule has 0 radical (unpaired) electrons. The van der Waals surface area contributed by atoms with Crippen molar-refractivity contribution >= 4 is 11.9 Å². The lowest BCUT2D eigenvalue weighted by Crippen LogP contribution is -2.29. The molecule has 1 N–H and O–H groups in total. The number of rotatable bonds is 41. The highest BCUT2D eigenvalue weighted by molar-refractivity contribution is 5.69. The Hall–Kier alpha value is -1.40. The second-order valence-corrected chi connectivity index (χ2v) is 15.9. The van der Waals surface area contributed by atoms with E-state index in [2.05, 4.69) is 38.7 Å². The van der Waals surface area contributed by atoms with Gasteiger partial charge in [0.25, 0.3) is 0 Å². The fraction of sp³-hybridized carbons (Fsp3) is 0.913. The molecule has 6 heteroatoms. The summed E-state index contributed by atoms with van der Waals surface area (Å²) >= 11 is 0. The van der Waals surface area contributed by atoms with E-state index in [0.29, 0.717) is 19.4 Å². The van der Waals surface area contributed by atoms with Crippen LogP contribution in [0.3, 0.4) is 0 Å². The second-order valence-electron chi connectivity index (χ2n) is 15.9. The van der Waals surface area contributed by atoms with Crippen molar-refractivity contribution in [1.82, 2.24) is 4.90 Å². The fourth-order valence-electron chi connectivity index (χ4n) is 6.98. The number of aliphatic hydroxyl groups is 1. The number of ether oxygens (including phenoxy) is 2. The maximum absolute atomic E-state index is 12.7. The Kier molecular flexibility index (Phi) is 39.7. The normalized spacial score (nSPS) is 11.4. The monoisotopic (exact) mass is 736 g/mol. The van der Waals surface area contributed by atoms with Gasteiger partial charge < -0.3 is 19.5 Å². The van der Waals surface area contributed by atoms with Gasteiger partial charge >= 0.3 is 11.9 Å². The average molecular weight is 736 g/mol. The average Bonchev–Trinajstić information content (AvgIpc) is 3.12. The fourth-order valence-corrected chi connectivity index (χ4v) is 6.98. The van der Waals surface area contributed by atoms with Gasteiger partial charge in [0.2, 0.25) is 0 Å². The van der Waals surface area contributed by atoms with Crippen LogP contribution in [0.5, 0.6) is 0 Å². The van der Waals surface area contributed by atoms with E-state index in [1.54, 1.807) is 0 Å². The van der Waals surface area contributed by atoms with Gasteiger partial charge in [0.1, 0.15) is 6.10 Å². The van der Waals surface area contributed by atoms with Gasteiger partial charge in [-0.05, 0) is 97.6 Å². The first-order valence-corrected chi connectivity index (χ1v) is 22.7. The number of allylic oxidation sites excluding steroid dienone is 2. The zero-order valence-corrected chi connectivity index (χ0v) is 35.3. The number of aliphatic hydroxyl groups excluding tert-OH is 1. The van der Waals surface area contributed by atoms with Crippen LogP contribution in [0, 0.1) is 0 Å². The van der Waals surface area contributed by atoms with Crippen molar-refractivity contribution in [1.29, 1.82) is 0 Å². The molecule has 0 fully saturated rings. The van der Waals surface area contributed by atoms with Crippen LogP contribution in [0.15, 0.2) is 11.6 Å². The van der Waals surface area contributed by atoms with Gasteiger partial charge in [-0.15, -0.1) is 0 Å². The first-order chi connectivity index (χ1) is 25.4. The predicted molar refractivity (Wildman–Crippen MR) is 223 cm³/mol.